The van der Waals surface area contributed by atoms with Crippen LogP contribution in [0, 0.1) is 17.8 Å². The molecule has 2 bridgehead atoms. The third-order valence-electron chi connectivity index (χ3n) is 13.2. The van der Waals surface area contributed by atoms with Gasteiger partial charge in [-0.2, -0.15) is 0 Å². The van der Waals surface area contributed by atoms with Gasteiger partial charge in [0.1, 0.15) is 11.4 Å². The summed E-state index contributed by atoms with van der Waals surface area (Å²) in [5, 5.41) is 3.30. The molecule has 10 nitrogen and oxygen atoms in total. The van der Waals surface area contributed by atoms with E-state index in [4.69, 9.17) is 21.1 Å². The van der Waals surface area contributed by atoms with Crippen molar-refractivity contribution >= 4 is 39.5 Å². The summed E-state index contributed by atoms with van der Waals surface area (Å²) < 4.78 is 41.3. The molecule has 55 heavy (non-hydrogen) atoms. The molecule has 12 heteroatoms. The number of benzene rings is 2. The van der Waals surface area contributed by atoms with E-state index in [9.17, 15) is 18.0 Å². The van der Waals surface area contributed by atoms with Gasteiger partial charge in [0.25, 0.3) is 5.91 Å². The Morgan fingerprint density at radius 3 is 2.44 bits per heavy atom. The van der Waals surface area contributed by atoms with Crippen LogP contribution in [0.2, 0.25) is 5.02 Å². The van der Waals surface area contributed by atoms with Crippen LogP contribution in [0.25, 0.3) is 0 Å². The molecule has 1 amide bonds. The number of piperazine rings is 1. The molecule has 1 saturated carbocycles. The standard InChI is InChI=1S/C34H41ClN2O6S.C9H20N2/c1-22-6-4-15-34(20-38,42-3)29-11-8-26(29)18-37-19-33(14-5-7-24-16-27(35)10-12-28(24)33)21-43-31-13-9-25(17-30(31)37)32(39)36-44(40,41)23(22)2;1-7(2)11-8(3)5-10-6-9(11)4/h4,9-10,12-13,15-17,20,22-23,26,29H,5-8,11,14,18-19,21H2,1-3H3,(H,36,39);7-10H,5-6H2,1-4H3/b15-4+;/t22-,23+,26-,29+,33-,34-;8-,9+/m0./s1. The van der Waals surface area contributed by atoms with Crippen molar-refractivity contribution in [2.24, 2.45) is 17.8 Å². The SMILES string of the molecule is CC(C)N1[C@H](C)CNC[C@@H]1C.CO[C@]1(C=O)/C=C/C[C@H](C)[C@@H](C)S(=O)(=O)NC(=O)c2ccc3c(c2)N(C[C@@H]2CC[C@H]21)C[C@@]1(CCCc2cc(Cl)ccc21)CO3. The number of nitrogens with one attached hydrogen (secondary N) is 2. The molecule has 302 valence electrons. The Labute approximate surface area is 333 Å². The minimum atomic E-state index is -3.97. The Hall–Kier alpha value is -2.96. The molecule has 3 heterocycles. The number of sulfonamides is 1. The molecule has 2 aliphatic carbocycles. The molecule has 0 unspecified atom stereocenters. The molecule has 2 aromatic rings. The summed E-state index contributed by atoms with van der Waals surface area (Å²) in [6.45, 7) is 16.6. The second-order valence-corrected chi connectivity index (χ2v) is 19.6. The zero-order valence-electron chi connectivity index (χ0n) is 33.6. The van der Waals surface area contributed by atoms with Crippen LogP contribution in [0.5, 0.6) is 5.75 Å². The zero-order chi connectivity index (χ0) is 39.7. The van der Waals surface area contributed by atoms with E-state index in [-0.39, 0.29) is 28.7 Å². The summed E-state index contributed by atoms with van der Waals surface area (Å²) in [4.78, 5) is 31.0. The third kappa shape index (κ3) is 8.52. The first-order valence-electron chi connectivity index (χ1n) is 20.2. The van der Waals surface area contributed by atoms with Gasteiger partial charge >= 0.3 is 0 Å². The van der Waals surface area contributed by atoms with Crippen LogP contribution in [-0.4, -0.2) is 94.4 Å². The second kappa shape index (κ2) is 16.9. The van der Waals surface area contributed by atoms with Gasteiger partial charge in [-0.1, -0.05) is 30.7 Å². The summed E-state index contributed by atoms with van der Waals surface area (Å²) in [5.74, 6) is -0.203. The van der Waals surface area contributed by atoms with Gasteiger partial charge in [-0.25, -0.2) is 13.1 Å². The smallest absolute Gasteiger partial charge is 0.264 e. The van der Waals surface area contributed by atoms with E-state index < -0.39 is 26.8 Å². The number of carbonyl (C=O) groups is 2. The Balaban J connectivity index is 0.000000403. The number of methoxy groups -OCH3 is 1. The van der Waals surface area contributed by atoms with Gasteiger partial charge in [0, 0.05) is 73.3 Å². The van der Waals surface area contributed by atoms with Crippen LogP contribution < -0.4 is 19.7 Å². The average Bonchev–Trinajstić information content (AvgIpc) is 3.28. The molecule has 2 N–H and O–H groups in total. The van der Waals surface area contributed by atoms with Crippen LogP contribution in [0.4, 0.5) is 5.69 Å². The van der Waals surface area contributed by atoms with E-state index in [1.165, 1.54) is 11.1 Å². The molecule has 0 radical (unpaired) electrons. The highest BCUT2D eigenvalue weighted by molar-refractivity contribution is 7.90. The molecule has 8 atom stereocenters. The number of allylic oxidation sites excluding steroid dienone is 1. The van der Waals surface area contributed by atoms with E-state index in [1.54, 1.807) is 32.2 Å². The molecule has 1 spiro atoms. The number of anilines is 1. The maximum absolute atomic E-state index is 13.4. The van der Waals surface area contributed by atoms with Crippen molar-refractivity contribution in [3.63, 3.8) is 0 Å². The molecule has 2 fully saturated rings. The maximum Gasteiger partial charge on any atom is 0.264 e. The first-order chi connectivity index (χ1) is 26.1. The highest BCUT2D eigenvalue weighted by Gasteiger charge is 2.49. The highest BCUT2D eigenvalue weighted by atomic mass is 35.5. The Bertz CT molecular complexity index is 1850. The molecule has 5 aliphatic rings. The first kappa shape index (κ1) is 41.7. The van der Waals surface area contributed by atoms with Gasteiger partial charge < -0.3 is 19.7 Å². The zero-order valence-corrected chi connectivity index (χ0v) is 35.2. The lowest BCUT2D eigenvalue weighted by Gasteiger charge is -2.48. The van der Waals surface area contributed by atoms with Gasteiger partial charge in [0.05, 0.1) is 17.5 Å². The number of aryl methyl sites for hydroxylation is 1. The quantitative estimate of drug-likeness (QED) is 0.264. The number of hydrogen-bond donors (Lipinski definition) is 2. The largest absolute Gasteiger partial charge is 0.490 e. The van der Waals surface area contributed by atoms with E-state index in [2.05, 4.69) is 59.7 Å². The van der Waals surface area contributed by atoms with Gasteiger partial charge in [-0.15, -0.1) is 0 Å². The third-order valence-corrected chi connectivity index (χ3v) is 15.3. The molecule has 3 aliphatic heterocycles. The van der Waals surface area contributed by atoms with Gasteiger partial charge in [-0.3, -0.25) is 14.5 Å². The van der Waals surface area contributed by atoms with E-state index in [1.807, 2.05) is 25.1 Å². The first-order valence-corrected chi connectivity index (χ1v) is 22.1. The van der Waals surface area contributed by atoms with E-state index in [0.29, 0.717) is 55.0 Å². The fraction of sp³-hybridized carbons (Fsp3) is 0.628. The predicted octanol–water partition coefficient (Wildman–Crippen LogP) is 6.54. The van der Waals surface area contributed by atoms with Crippen LogP contribution >= 0.6 is 11.6 Å². The number of hydrogen-bond acceptors (Lipinski definition) is 9. The van der Waals surface area contributed by atoms with Crippen LogP contribution in [0.3, 0.4) is 0 Å². The van der Waals surface area contributed by atoms with Crippen LogP contribution in [0.15, 0.2) is 48.6 Å². The molecular weight excluding hydrogens is 736 g/mol. The van der Waals surface area contributed by atoms with E-state index in [0.717, 1.165) is 57.2 Å². The lowest BCUT2D eigenvalue weighted by atomic mass is 9.64. The molecule has 2 aromatic carbocycles. The average molecular weight is 798 g/mol. The van der Waals surface area contributed by atoms with Gasteiger partial charge in [0.15, 0.2) is 6.29 Å². The fourth-order valence-corrected chi connectivity index (χ4v) is 11.3. The topological polar surface area (TPSA) is 117 Å². The number of aldehydes is 1. The van der Waals surface area contributed by atoms with Crippen molar-refractivity contribution in [1.29, 1.82) is 0 Å². The van der Waals surface area contributed by atoms with E-state index >= 15 is 0 Å². The number of ether oxygens (including phenoxy) is 2. The Morgan fingerprint density at radius 1 is 1.05 bits per heavy atom. The number of nitrogens with zero attached hydrogens (tertiary/aromatic N) is 2. The molecular formula is C43H61ClN4O6S. The maximum atomic E-state index is 13.4. The predicted molar refractivity (Wildman–Crippen MR) is 220 cm³/mol. The molecule has 1 saturated heterocycles. The van der Waals surface area contributed by atoms with Crippen molar-refractivity contribution in [3.05, 3.63) is 70.3 Å². The monoisotopic (exact) mass is 796 g/mol. The number of rotatable bonds is 3. The van der Waals surface area contributed by atoms with Crippen molar-refractivity contribution in [2.45, 2.75) is 114 Å². The van der Waals surface area contributed by atoms with Crippen molar-refractivity contribution in [2.75, 3.05) is 44.8 Å². The normalized spacial score (nSPS) is 34.1. The molecule has 7 rings (SSSR count). The fourth-order valence-electron chi connectivity index (χ4n) is 9.85. The Morgan fingerprint density at radius 2 is 1.80 bits per heavy atom. The van der Waals surface area contributed by atoms with Crippen molar-refractivity contribution < 1.29 is 27.5 Å². The van der Waals surface area contributed by atoms with Crippen molar-refractivity contribution in [3.8, 4) is 5.75 Å². The van der Waals surface area contributed by atoms with Crippen LogP contribution in [-0.2, 0) is 31.4 Å². The number of amides is 1. The summed E-state index contributed by atoms with van der Waals surface area (Å²) in [6, 6.07) is 13.3. The number of carbonyl (C=O) groups excluding carboxylic acids is 2. The minimum Gasteiger partial charge on any atom is -0.490 e. The molecule has 0 aromatic heterocycles. The second-order valence-electron chi connectivity index (χ2n) is 17.1. The minimum absolute atomic E-state index is 0.0434. The van der Waals surface area contributed by atoms with Crippen LogP contribution in [0.1, 0.15) is 95.1 Å². The lowest BCUT2D eigenvalue weighted by molar-refractivity contribution is -0.135. The number of halogens is 1. The summed E-state index contributed by atoms with van der Waals surface area (Å²) in [5.41, 5.74) is 2.05. The van der Waals surface area contributed by atoms with Gasteiger partial charge in [-0.05, 0) is 133 Å². The summed E-state index contributed by atoms with van der Waals surface area (Å²) >= 11 is 6.40. The number of fused-ring (bicyclic) bond motifs is 4. The summed E-state index contributed by atoms with van der Waals surface area (Å²) in [7, 11) is -2.41. The lowest BCUT2D eigenvalue weighted by Crippen LogP contribution is -2.57. The van der Waals surface area contributed by atoms with Crippen molar-refractivity contribution in [1.82, 2.24) is 14.9 Å². The van der Waals surface area contributed by atoms with Gasteiger partial charge in [0.2, 0.25) is 10.0 Å². The summed E-state index contributed by atoms with van der Waals surface area (Å²) in [6.07, 6.45) is 9.65. The Kier molecular flexibility index (Phi) is 12.8. The highest BCUT2D eigenvalue weighted by Crippen LogP contribution is 2.48.